The molecule has 0 unspecified atom stereocenters. The number of imidazole rings is 1. The monoisotopic (exact) mass is 408 g/mol. The Labute approximate surface area is 174 Å². The van der Waals surface area contributed by atoms with Crippen LogP contribution in [0.1, 0.15) is 35.6 Å². The van der Waals surface area contributed by atoms with Crippen LogP contribution in [0.2, 0.25) is 0 Å². The van der Waals surface area contributed by atoms with Crippen molar-refractivity contribution in [1.29, 1.82) is 0 Å². The van der Waals surface area contributed by atoms with Crippen LogP contribution in [0.5, 0.6) is 0 Å². The lowest BCUT2D eigenvalue weighted by molar-refractivity contribution is -0.0442. The first-order valence-corrected chi connectivity index (χ1v) is 10.1. The van der Waals surface area contributed by atoms with Gasteiger partial charge in [0.05, 0.1) is 12.2 Å². The third-order valence-electron chi connectivity index (χ3n) is 6.22. The molecule has 1 aromatic carbocycles. The maximum absolute atomic E-state index is 12.9. The third kappa shape index (κ3) is 3.22. The fourth-order valence-electron chi connectivity index (χ4n) is 4.58. The first-order valence-electron chi connectivity index (χ1n) is 10.1. The second kappa shape index (κ2) is 7.07. The number of aryl methyl sites for hydroxylation is 1. The summed E-state index contributed by atoms with van der Waals surface area (Å²) in [6.45, 7) is 1.29. The van der Waals surface area contributed by atoms with Crippen molar-refractivity contribution in [2.24, 2.45) is 7.05 Å². The molecule has 2 saturated heterocycles. The highest BCUT2D eigenvalue weighted by atomic mass is 16.5. The van der Waals surface area contributed by atoms with E-state index in [9.17, 15) is 9.90 Å². The minimum Gasteiger partial charge on any atom is -0.379 e. The molecule has 2 aliphatic rings. The van der Waals surface area contributed by atoms with Crippen LogP contribution in [-0.2, 0) is 17.4 Å². The van der Waals surface area contributed by atoms with E-state index in [2.05, 4.69) is 10.1 Å². The molecule has 0 saturated carbocycles. The summed E-state index contributed by atoms with van der Waals surface area (Å²) in [5.41, 5.74) is 0.0196. The summed E-state index contributed by atoms with van der Waals surface area (Å²) in [7, 11) is 1.87. The van der Waals surface area contributed by atoms with Crippen LogP contribution in [0.4, 0.5) is 0 Å². The minimum absolute atomic E-state index is 0.170. The van der Waals surface area contributed by atoms with E-state index < -0.39 is 11.2 Å². The number of piperidine rings is 1. The smallest absolute Gasteiger partial charge is 0.292 e. The molecule has 2 aliphatic heterocycles. The van der Waals surface area contributed by atoms with Crippen molar-refractivity contribution in [3.05, 3.63) is 60.4 Å². The molecule has 3 aromatic rings. The second-order valence-electron chi connectivity index (χ2n) is 8.28. The van der Waals surface area contributed by atoms with Crippen molar-refractivity contribution >= 4 is 5.91 Å². The van der Waals surface area contributed by atoms with Gasteiger partial charge in [-0.3, -0.25) is 4.79 Å². The van der Waals surface area contributed by atoms with E-state index in [1.54, 1.807) is 17.2 Å². The van der Waals surface area contributed by atoms with Gasteiger partial charge in [0.15, 0.2) is 0 Å². The summed E-state index contributed by atoms with van der Waals surface area (Å²) >= 11 is 0. The fourth-order valence-corrected chi connectivity index (χ4v) is 4.58. The highest BCUT2D eigenvalue weighted by Crippen LogP contribution is 2.44. The lowest BCUT2D eigenvalue weighted by Crippen LogP contribution is -2.47. The van der Waals surface area contributed by atoms with Crippen LogP contribution in [-0.4, -0.2) is 55.9 Å². The molecule has 1 spiro atoms. The van der Waals surface area contributed by atoms with Crippen molar-refractivity contribution in [1.82, 2.24) is 19.6 Å². The number of aromatic nitrogens is 3. The molecule has 1 N–H and O–H groups in total. The molecule has 4 heterocycles. The Kier molecular flexibility index (Phi) is 4.48. The molecule has 156 valence electrons. The molecule has 8 heteroatoms. The number of benzene rings is 1. The summed E-state index contributed by atoms with van der Waals surface area (Å²) in [5.74, 6) is 0.687. The molecule has 1 atom stereocenters. The molecule has 2 aromatic heterocycles. The van der Waals surface area contributed by atoms with Gasteiger partial charge in [-0.25, -0.2) is 4.98 Å². The van der Waals surface area contributed by atoms with E-state index in [0.29, 0.717) is 43.9 Å². The molecule has 8 nitrogen and oxygen atoms in total. The number of hydrogen-bond donors (Lipinski definition) is 1. The fraction of sp³-hybridized carbons (Fsp3) is 0.409. The van der Waals surface area contributed by atoms with Crippen molar-refractivity contribution in [3.63, 3.8) is 0 Å². The number of aliphatic hydroxyl groups is 1. The Hall–Kier alpha value is -2.97. The summed E-state index contributed by atoms with van der Waals surface area (Å²) in [5, 5.41) is 15.1. The number of carbonyl (C=O) groups is 1. The summed E-state index contributed by atoms with van der Waals surface area (Å²) in [4.78, 5) is 19.0. The van der Waals surface area contributed by atoms with Gasteiger partial charge in [-0.1, -0.05) is 35.5 Å². The van der Waals surface area contributed by atoms with Crippen molar-refractivity contribution < 1.29 is 19.2 Å². The van der Waals surface area contributed by atoms with Gasteiger partial charge >= 0.3 is 0 Å². The summed E-state index contributed by atoms with van der Waals surface area (Å²) in [6, 6.07) is 11.3. The number of nitrogens with zero attached hydrogens (tertiary/aromatic N) is 4. The molecule has 2 fully saturated rings. The van der Waals surface area contributed by atoms with E-state index >= 15 is 0 Å². The van der Waals surface area contributed by atoms with Gasteiger partial charge in [0.25, 0.3) is 5.91 Å². The maximum atomic E-state index is 12.9. The molecule has 0 bridgehead atoms. The lowest BCUT2D eigenvalue weighted by atomic mass is 9.83. The predicted molar refractivity (Wildman–Crippen MR) is 107 cm³/mol. The summed E-state index contributed by atoms with van der Waals surface area (Å²) in [6.07, 6.45) is 5.30. The topological polar surface area (TPSA) is 93.6 Å². The van der Waals surface area contributed by atoms with E-state index in [-0.39, 0.29) is 18.3 Å². The van der Waals surface area contributed by atoms with E-state index in [1.807, 2.05) is 48.1 Å². The van der Waals surface area contributed by atoms with Crippen LogP contribution in [0.25, 0.3) is 11.3 Å². The Balaban J connectivity index is 1.25. The molecule has 0 aliphatic carbocycles. The van der Waals surface area contributed by atoms with Crippen LogP contribution in [0.3, 0.4) is 0 Å². The molecule has 1 amide bonds. The summed E-state index contributed by atoms with van der Waals surface area (Å²) < 4.78 is 13.2. The zero-order valence-electron chi connectivity index (χ0n) is 16.8. The van der Waals surface area contributed by atoms with Gasteiger partial charge < -0.3 is 23.8 Å². The van der Waals surface area contributed by atoms with Gasteiger partial charge in [-0.2, -0.15) is 0 Å². The predicted octanol–water partition coefficient (Wildman–Crippen LogP) is 2.36. The molecular formula is C22H24N4O4. The number of carbonyl (C=O) groups excluding carboxylic acids is 1. The number of hydrogen-bond acceptors (Lipinski definition) is 6. The SMILES string of the molecule is Cn1ccnc1[C@@]1(O)COC2(CCN(C(=O)c3cc(-c4ccccc4)no3)CC2)C1. The second-order valence-corrected chi connectivity index (χ2v) is 8.28. The number of likely N-dealkylation sites (tertiary alicyclic amines) is 1. The third-order valence-corrected chi connectivity index (χ3v) is 6.22. The number of rotatable bonds is 3. The van der Waals surface area contributed by atoms with Crippen molar-refractivity contribution in [2.75, 3.05) is 19.7 Å². The zero-order chi connectivity index (χ0) is 20.8. The van der Waals surface area contributed by atoms with Crippen LogP contribution in [0.15, 0.2) is 53.3 Å². The van der Waals surface area contributed by atoms with Gasteiger partial charge in [-0.05, 0) is 12.8 Å². The molecule has 30 heavy (non-hydrogen) atoms. The highest BCUT2D eigenvalue weighted by Gasteiger charge is 2.52. The highest BCUT2D eigenvalue weighted by molar-refractivity contribution is 5.92. The Morgan fingerprint density at radius 1 is 1.20 bits per heavy atom. The largest absolute Gasteiger partial charge is 0.379 e. The molecular weight excluding hydrogens is 384 g/mol. The maximum Gasteiger partial charge on any atom is 0.292 e. The van der Waals surface area contributed by atoms with Gasteiger partial charge in [0.1, 0.15) is 17.1 Å². The first kappa shape index (κ1) is 19.0. The van der Waals surface area contributed by atoms with Crippen LogP contribution >= 0.6 is 0 Å². The molecule has 5 rings (SSSR count). The van der Waals surface area contributed by atoms with Crippen LogP contribution in [0, 0.1) is 0 Å². The van der Waals surface area contributed by atoms with Gasteiger partial charge in [0.2, 0.25) is 5.76 Å². The standard InChI is InChI=1S/C22H24N4O4/c1-25-12-9-23-20(25)22(28)14-21(29-15-22)7-10-26(11-8-21)19(27)18-13-17(24-30-18)16-5-3-2-4-6-16/h2-6,9,12-13,28H,7-8,10-11,14-15H2,1H3/t22-/m0/s1. The van der Waals surface area contributed by atoms with Crippen LogP contribution < -0.4 is 0 Å². The van der Waals surface area contributed by atoms with E-state index in [0.717, 1.165) is 5.56 Å². The van der Waals surface area contributed by atoms with Gasteiger partial charge in [-0.15, -0.1) is 0 Å². The van der Waals surface area contributed by atoms with Crippen molar-refractivity contribution in [2.45, 2.75) is 30.5 Å². The number of amides is 1. The van der Waals surface area contributed by atoms with E-state index in [4.69, 9.17) is 9.26 Å². The minimum atomic E-state index is -1.10. The zero-order valence-corrected chi connectivity index (χ0v) is 16.8. The van der Waals surface area contributed by atoms with E-state index in [1.165, 1.54) is 0 Å². The van der Waals surface area contributed by atoms with Crippen molar-refractivity contribution in [3.8, 4) is 11.3 Å². The number of ether oxygens (including phenoxy) is 1. The normalized spacial score (nSPS) is 23.2. The lowest BCUT2D eigenvalue weighted by Gasteiger charge is -2.38. The average Bonchev–Trinajstić information content (AvgIpc) is 3.49. The Bertz CT molecular complexity index is 1050. The molecule has 0 radical (unpaired) electrons. The quantitative estimate of drug-likeness (QED) is 0.715. The average molecular weight is 408 g/mol. The van der Waals surface area contributed by atoms with Gasteiger partial charge in [0, 0.05) is 50.6 Å². The Morgan fingerprint density at radius 3 is 2.67 bits per heavy atom. The first-order chi connectivity index (χ1) is 14.5. The Morgan fingerprint density at radius 2 is 1.97 bits per heavy atom.